The fraction of sp³-hybridized carbons (Fsp3) is 0.533. The molecule has 0 bridgehead atoms. The van der Waals surface area contributed by atoms with Gasteiger partial charge < -0.3 is 5.32 Å². The van der Waals surface area contributed by atoms with Crippen molar-refractivity contribution in [1.29, 1.82) is 5.26 Å². The summed E-state index contributed by atoms with van der Waals surface area (Å²) in [5, 5.41) is 13.3. The van der Waals surface area contributed by atoms with Crippen molar-refractivity contribution in [3.05, 3.63) is 28.8 Å². The number of halogens is 1. The smallest absolute Gasteiger partial charge is 0.101 e. The molecule has 1 N–H and O–H groups in total. The van der Waals surface area contributed by atoms with Crippen molar-refractivity contribution in [2.75, 3.05) is 5.32 Å². The maximum Gasteiger partial charge on any atom is 0.101 e. The Morgan fingerprint density at radius 3 is 2.83 bits per heavy atom. The Balaban J connectivity index is 2.17. The van der Waals surface area contributed by atoms with Gasteiger partial charge in [0.2, 0.25) is 0 Å². The lowest BCUT2D eigenvalue weighted by molar-refractivity contribution is 0.456. The van der Waals surface area contributed by atoms with Crippen molar-refractivity contribution in [3.8, 4) is 6.07 Å². The molecular formula is C15H19ClN2. The number of hydrogen-bond donors (Lipinski definition) is 1. The molecule has 1 aliphatic rings. The normalized spacial score (nSPS) is 24.1. The molecule has 2 nitrogen and oxygen atoms in total. The largest absolute Gasteiger partial charge is 0.381 e. The molecule has 1 fully saturated rings. The Labute approximate surface area is 114 Å². The van der Waals surface area contributed by atoms with Gasteiger partial charge in [-0.3, -0.25) is 0 Å². The minimum Gasteiger partial charge on any atom is -0.381 e. The molecule has 1 aliphatic carbocycles. The van der Waals surface area contributed by atoms with Gasteiger partial charge in [-0.05, 0) is 37.0 Å². The zero-order valence-corrected chi connectivity index (χ0v) is 11.5. The number of rotatable bonds is 2. The highest BCUT2D eigenvalue weighted by atomic mass is 35.5. The van der Waals surface area contributed by atoms with E-state index in [2.05, 4.69) is 18.3 Å². The van der Waals surface area contributed by atoms with Crippen molar-refractivity contribution >= 4 is 17.3 Å². The highest BCUT2D eigenvalue weighted by Crippen LogP contribution is 2.28. The van der Waals surface area contributed by atoms with Crippen LogP contribution in [0.5, 0.6) is 0 Å². The van der Waals surface area contributed by atoms with Gasteiger partial charge in [-0.1, -0.05) is 37.8 Å². The van der Waals surface area contributed by atoms with Crippen LogP contribution in [0.2, 0.25) is 5.02 Å². The van der Waals surface area contributed by atoms with Crippen LogP contribution < -0.4 is 5.32 Å². The molecule has 0 radical (unpaired) electrons. The van der Waals surface area contributed by atoms with Gasteiger partial charge in [0.05, 0.1) is 11.3 Å². The standard InChI is InChI=1S/C15H19ClN2/c1-11-5-3-2-4-6-14(11)18-15-9-13(16)8-7-12(15)10-17/h7-9,11,14,18H,2-6H2,1H3. The van der Waals surface area contributed by atoms with Gasteiger partial charge in [0.25, 0.3) is 0 Å². The lowest BCUT2D eigenvalue weighted by Crippen LogP contribution is -2.26. The molecule has 2 atom stereocenters. The molecular weight excluding hydrogens is 244 g/mol. The van der Waals surface area contributed by atoms with E-state index < -0.39 is 0 Å². The van der Waals surface area contributed by atoms with E-state index in [1.165, 1.54) is 32.1 Å². The molecule has 0 heterocycles. The van der Waals surface area contributed by atoms with Gasteiger partial charge in [0.1, 0.15) is 6.07 Å². The van der Waals surface area contributed by atoms with Gasteiger partial charge in [0.15, 0.2) is 0 Å². The van der Waals surface area contributed by atoms with Crippen LogP contribution in [0.1, 0.15) is 44.6 Å². The second kappa shape index (κ2) is 6.11. The summed E-state index contributed by atoms with van der Waals surface area (Å²) < 4.78 is 0. The monoisotopic (exact) mass is 262 g/mol. The first kappa shape index (κ1) is 13.2. The summed E-state index contributed by atoms with van der Waals surface area (Å²) >= 11 is 6.01. The highest BCUT2D eigenvalue weighted by Gasteiger charge is 2.20. The Bertz CT molecular complexity index is 450. The van der Waals surface area contributed by atoms with Crippen LogP contribution in [-0.4, -0.2) is 6.04 Å². The molecule has 2 rings (SSSR count). The van der Waals surface area contributed by atoms with E-state index in [0.29, 0.717) is 22.5 Å². The van der Waals surface area contributed by atoms with E-state index in [1.807, 2.05) is 6.07 Å². The third-order valence-corrected chi connectivity index (χ3v) is 4.04. The lowest BCUT2D eigenvalue weighted by Gasteiger charge is -2.24. The maximum absolute atomic E-state index is 9.13. The van der Waals surface area contributed by atoms with Crippen LogP contribution in [-0.2, 0) is 0 Å². The molecule has 0 spiro atoms. The van der Waals surface area contributed by atoms with Gasteiger partial charge in [-0.15, -0.1) is 0 Å². The van der Waals surface area contributed by atoms with Crippen LogP contribution in [0.3, 0.4) is 0 Å². The number of nitriles is 1. The number of hydrogen-bond acceptors (Lipinski definition) is 2. The molecule has 96 valence electrons. The summed E-state index contributed by atoms with van der Waals surface area (Å²) in [5.74, 6) is 0.651. The van der Waals surface area contributed by atoms with Crippen molar-refractivity contribution in [1.82, 2.24) is 0 Å². The second-order valence-corrected chi connectivity index (χ2v) is 5.60. The van der Waals surface area contributed by atoms with E-state index in [9.17, 15) is 0 Å². The van der Waals surface area contributed by atoms with Crippen LogP contribution in [0.4, 0.5) is 5.69 Å². The predicted octanol–water partition coefficient (Wildman–Crippen LogP) is 4.59. The fourth-order valence-electron chi connectivity index (χ4n) is 2.64. The number of anilines is 1. The van der Waals surface area contributed by atoms with E-state index in [4.69, 9.17) is 16.9 Å². The Hall–Kier alpha value is -1.20. The van der Waals surface area contributed by atoms with Gasteiger partial charge >= 0.3 is 0 Å². The molecule has 3 heteroatoms. The molecule has 0 aliphatic heterocycles. The first-order valence-electron chi connectivity index (χ1n) is 6.67. The lowest BCUT2D eigenvalue weighted by atomic mass is 9.96. The predicted molar refractivity (Wildman–Crippen MR) is 75.8 cm³/mol. The van der Waals surface area contributed by atoms with Crippen LogP contribution in [0, 0.1) is 17.2 Å². The first-order chi connectivity index (χ1) is 8.70. The minimum absolute atomic E-state index is 0.457. The first-order valence-corrected chi connectivity index (χ1v) is 7.04. The summed E-state index contributed by atoms with van der Waals surface area (Å²) in [6.45, 7) is 2.29. The zero-order valence-electron chi connectivity index (χ0n) is 10.7. The Morgan fingerprint density at radius 2 is 2.06 bits per heavy atom. The third kappa shape index (κ3) is 3.17. The van der Waals surface area contributed by atoms with Crippen LogP contribution >= 0.6 is 11.6 Å². The summed E-state index contributed by atoms with van der Waals surface area (Å²) in [4.78, 5) is 0. The molecule has 1 aromatic carbocycles. The maximum atomic E-state index is 9.13. The van der Waals surface area contributed by atoms with Gasteiger partial charge in [-0.25, -0.2) is 0 Å². The van der Waals surface area contributed by atoms with E-state index >= 15 is 0 Å². The highest BCUT2D eigenvalue weighted by molar-refractivity contribution is 6.30. The summed E-state index contributed by atoms with van der Waals surface area (Å²) in [5.41, 5.74) is 1.56. The molecule has 18 heavy (non-hydrogen) atoms. The molecule has 1 aromatic rings. The molecule has 0 aromatic heterocycles. The SMILES string of the molecule is CC1CCCCCC1Nc1cc(Cl)ccc1C#N. The summed E-state index contributed by atoms with van der Waals surface area (Å²) in [7, 11) is 0. The zero-order chi connectivity index (χ0) is 13.0. The minimum atomic E-state index is 0.457. The molecule has 1 saturated carbocycles. The third-order valence-electron chi connectivity index (χ3n) is 3.80. The molecule has 2 unspecified atom stereocenters. The molecule has 0 amide bonds. The van der Waals surface area contributed by atoms with Crippen molar-refractivity contribution < 1.29 is 0 Å². The average Bonchev–Trinajstić information content (AvgIpc) is 2.55. The average molecular weight is 263 g/mol. The van der Waals surface area contributed by atoms with Crippen LogP contribution in [0.25, 0.3) is 0 Å². The van der Waals surface area contributed by atoms with E-state index in [1.54, 1.807) is 12.1 Å². The van der Waals surface area contributed by atoms with Crippen LogP contribution in [0.15, 0.2) is 18.2 Å². The van der Waals surface area contributed by atoms with E-state index in [-0.39, 0.29) is 0 Å². The fourth-order valence-corrected chi connectivity index (χ4v) is 2.81. The number of nitrogens with zero attached hydrogens (tertiary/aromatic N) is 1. The van der Waals surface area contributed by atoms with Gasteiger partial charge in [-0.2, -0.15) is 5.26 Å². The van der Waals surface area contributed by atoms with Crippen molar-refractivity contribution in [2.24, 2.45) is 5.92 Å². The summed E-state index contributed by atoms with van der Waals surface area (Å²) in [6, 6.07) is 8.09. The Kier molecular flexibility index (Phi) is 4.49. The Morgan fingerprint density at radius 1 is 1.28 bits per heavy atom. The van der Waals surface area contributed by atoms with Crippen molar-refractivity contribution in [3.63, 3.8) is 0 Å². The number of nitrogens with one attached hydrogen (secondary N) is 1. The second-order valence-electron chi connectivity index (χ2n) is 5.17. The van der Waals surface area contributed by atoms with Gasteiger partial charge in [0, 0.05) is 11.1 Å². The van der Waals surface area contributed by atoms with Crippen molar-refractivity contribution in [2.45, 2.75) is 45.1 Å². The van der Waals surface area contributed by atoms with E-state index in [0.717, 1.165) is 5.69 Å². The molecule has 0 saturated heterocycles. The summed E-state index contributed by atoms with van der Waals surface area (Å²) in [6.07, 6.45) is 6.35. The number of benzene rings is 1. The quantitative estimate of drug-likeness (QED) is 0.791. The topological polar surface area (TPSA) is 35.8 Å².